The van der Waals surface area contributed by atoms with Crippen molar-refractivity contribution in [3.63, 3.8) is 0 Å². The van der Waals surface area contributed by atoms with E-state index in [0.29, 0.717) is 9.92 Å². The van der Waals surface area contributed by atoms with Crippen molar-refractivity contribution < 1.29 is 9.32 Å². The lowest BCUT2D eigenvalue weighted by Gasteiger charge is -2.26. The molecule has 0 aliphatic rings. The van der Waals surface area contributed by atoms with Gasteiger partial charge in [-0.1, -0.05) is 31.9 Å². The van der Waals surface area contributed by atoms with Gasteiger partial charge in [0.1, 0.15) is 11.0 Å². The van der Waals surface area contributed by atoms with Crippen LogP contribution >= 0.6 is 11.6 Å². The molecule has 1 aromatic rings. The Balaban J connectivity index is 2.75. The van der Waals surface area contributed by atoms with Crippen LogP contribution in [0.25, 0.3) is 0 Å². The van der Waals surface area contributed by atoms with Crippen molar-refractivity contribution in [3.8, 4) is 0 Å². The van der Waals surface area contributed by atoms with Gasteiger partial charge in [-0.2, -0.15) is 0 Å². The van der Waals surface area contributed by atoms with Crippen molar-refractivity contribution in [1.82, 2.24) is 4.72 Å². The van der Waals surface area contributed by atoms with Crippen molar-refractivity contribution in [2.45, 2.75) is 44.2 Å². The maximum Gasteiger partial charge on any atom is 0.125 e. The van der Waals surface area contributed by atoms with Gasteiger partial charge in [0, 0.05) is 11.1 Å². The molecule has 0 aliphatic carbocycles. The van der Waals surface area contributed by atoms with Gasteiger partial charge in [0.2, 0.25) is 0 Å². The predicted octanol–water partition coefficient (Wildman–Crippen LogP) is 2.75. The Morgan fingerprint density at radius 3 is 2.33 bits per heavy atom. The van der Waals surface area contributed by atoms with Crippen LogP contribution in [0.2, 0.25) is 5.02 Å². The molecule has 0 amide bonds. The summed E-state index contributed by atoms with van der Waals surface area (Å²) in [6.45, 7) is 5.79. The molecule has 3 nitrogen and oxygen atoms in total. The minimum atomic E-state index is -1.33. The predicted molar refractivity (Wildman–Crippen MR) is 75.9 cm³/mol. The lowest BCUT2D eigenvalue weighted by atomic mass is 9.96. The van der Waals surface area contributed by atoms with Gasteiger partial charge in [-0.05, 0) is 37.1 Å². The summed E-state index contributed by atoms with van der Waals surface area (Å²) in [4.78, 5) is 0.661. The fraction of sp³-hybridized carbons (Fsp3) is 0.538. The number of aliphatic hydroxyl groups is 1. The molecule has 0 fully saturated rings. The molecule has 0 bridgehead atoms. The number of benzene rings is 1. The first kappa shape index (κ1) is 15.6. The second-order valence-corrected chi connectivity index (χ2v) is 6.17. The molecule has 18 heavy (non-hydrogen) atoms. The van der Waals surface area contributed by atoms with E-state index in [2.05, 4.69) is 4.72 Å². The summed E-state index contributed by atoms with van der Waals surface area (Å²) in [7, 11) is -1.33. The minimum absolute atomic E-state index is 0.188. The summed E-state index contributed by atoms with van der Waals surface area (Å²) in [5.41, 5.74) is 0. The van der Waals surface area contributed by atoms with E-state index in [1.165, 1.54) is 0 Å². The third kappa shape index (κ3) is 4.35. The Labute approximate surface area is 116 Å². The van der Waals surface area contributed by atoms with Crippen LogP contribution in [0.3, 0.4) is 0 Å². The Kier molecular flexibility index (Phi) is 6.29. The lowest BCUT2D eigenvalue weighted by molar-refractivity contribution is 0.129. The molecule has 0 saturated carbocycles. The molecule has 0 aliphatic heterocycles. The fourth-order valence-corrected chi connectivity index (χ4v) is 3.02. The van der Waals surface area contributed by atoms with Gasteiger partial charge in [0.25, 0.3) is 0 Å². The number of aliphatic hydroxyl groups excluding tert-OH is 1. The van der Waals surface area contributed by atoms with Gasteiger partial charge in [-0.15, -0.1) is 0 Å². The van der Waals surface area contributed by atoms with Crippen molar-refractivity contribution in [1.29, 1.82) is 0 Å². The molecule has 2 N–H and O–H groups in total. The maximum absolute atomic E-state index is 12.1. The Hall–Kier alpha value is -0.420. The number of hydrogen-bond donors (Lipinski definition) is 2. The molecule has 4 atom stereocenters. The molecule has 1 aromatic carbocycles. The first-order valence-corrected chi connectivity index (χ1v) is 7.60. The lowest BCUT2D eigenvalue weighted by Crippen LogP contribution is -2.43. The molecule has 2 unspecified atom stereocenters. The van der Waals surface area contributed by atoms with Crippen LogP contribution in [0.15, 0.2) is 29.2 Å². The van der Waals surface area contributed by atoms with Crippen molar-refractivity contribution >= 4 is 22.6 Å². The van der Waals surface area contributed by atoms with E-state index in [1.54, 1.807) is 31.2 Å². The van der Waals surface area contributed by atoms with Crippen LogP contribution < -0.4 is 4.72 Å². The van der Waals surface area contributed by atoms with E-state index >= 15 is 0 Å². The standard InChI is InChI=1S/C13H20ClNO2S/c1-4-9(2)13(10(3)16)15-18(17)12-7-5-11(14)6-8-12/h5-10,13,15-16H,4H2,1-3H3/t9-,10?,13-,18?/m0/s1. The number of nitrogens with one attached hydrogen (secondary N) is 1. The highest BCUT2D eigenvalue weighted by atomic mass is 35.5. The van der Waals surface area contributed by atoms with E-state index in [0.717, 1.165) is 6.42 Å². The summed E-state index contributed by atoms with van der Waals surface area (Å²) < 4.78 is 15.1. The number of rotatable bonds is 6. The van der Waals surface area contributed by atoms with Crippen LogP contribution in [0.5, 0.6) is 0 Å². The quantitative estimate of drug-likeness (QED) is 0.846. The molecule has 0 radical (unpaired) electrons. The van der Waals surface area contributed by atoms with E-state index < -0.39 is 17.1 Å². The first-order valence-electron chi connectivity index (χ1n) is 6.07. The summed E-state index contributed by atoms with van der Waals surface area (Å²) in [5.74, 6) is 0.251. The third-order valence-corrected chi connectivity index (χ3v) is 4.49. The van der Waals surface area contributed by atoms with Crippen molar-refractivity contribution in [2.24, 2.45) is 5.92 Å². The summed E-state index contributed by atoms with van der Waals surface area (Å²) in [5, 5.41) is 10.4. The van der Waals surface area contributed by atoms with Gasteiger partial charge in [-0.25, -0.2) is 8.93 Å². The summed E-state index contributed by atoms with van der Waals surface area (Å²) in [6.07, 6.45) is 0.372. The summed E-state index contributed by atoms with van der Waals surface area (Å²) in [6, 6.07) is 6.67. The van der Waals surface area contributed by atoms with E-state index in [1.807, 2.05) is 13.8 Å². The number of hydrogen-bond acceptors (Lipinski definition) is 2. The zero-order valence-electron chi connectivity index (χ0n) is 10.9. The fourth-order valence-electron chi connectivity index (χ4n) is 1.69. The Bertz CT molecular complexity index is 394. The van der Waals surface area contributed by atoms with E-state index in [9.17, 15) is 9.32 Å². The molecule has 0 aromatic heterocycles. The van der Waals surface area contributed by atoms with Crippen LogP contribution in [0.1, 0.15) is 27.2 Å². The normalized spacial score (nSPS) is 18.1. The highest BCUT2D eigenvalue weighted by Crippen LogP contribution is 2.16. The minimum Gasteiger partial charge on any atom is -0.392 e. The molecular weight excluding hydrogens is 270 g/mol. The SMILES string of the molecule is CC[C@H](C)[C@H](NS(=O)c1ccc(Cl)cc1)C(C)O. The van der Waals surface area contributed by atoms with Crippen LogP contribution in [0.4, 0.5) is 0 Å². The molecule has 0 spiro atoms. The average Bonchev–Trinajstić information content (AvgIpc) is 2.35. The largest absolute Gasteiger partial charge is 0.392 e. The number of halogens is 1. The Morgan fingerprint density at radius 1 is 1.33 bits per heavy atom. The zero-order chi connectivity index (χ0) is 13.7. The second kappa shape index (κ2) is 7.24. The smallest absolute Gasteiger partial charge is 0.125 e. The van der Waals surface area contributed by atoms with Crippen LogP contribution in [0, 0.1) is 5.92 Å². The van der Waals surface area contributed by atoms with Crippen LogP contribution in [-0.2, 0) is 11.0 Å². The van der Waals surface area contributed by atoms with Crippen LogP contribution in [-0.4, -0.2) is 21.5 Å². The first-order chi connectivity index (χ1) is 8.45. The average molecular weight is 290 g/mol. The maximum atomic E-state index is 12.1. The van der Waals surface area contributed by atoms with Crippen molar-refractivity contribution in [3.05, 3.63) is 29.3 Å². The molecule has 0 saturated heterocycles. The molecule has 0 heterocycles. The van der Waals surface area contributed by atoms with Gasteiger partial charge < -0.3 is 5.11 Å². The van der Waals surface area contributed by atoms with Gasteiger partial charge in [-0.3, -0.25) is 0 Å². The highest BCUT2D eigenvalue weighted by molar-refractivity contribution is 7.83. The second-order valence-electron chi connectivity index (χ2n) is 4.49. The van der Waals surface area contributed by atoms with E-state index in [4.69, 9.17) is 11.6 Å². The highest BCUT2D eigenvalue weighted by Gasteiger charge is 2.23. The third-order valence-electron chi connectivity index (χ3n) is 3.05. The van der Waals surface area contributed by atoms with E-state index in [-0.39, 0.29) is 12.0 Å². The van der Waals surface area contributed by atoms with Gasteiger partial charge >= 0.3 is 0 Å². The summed E-state index contributed by atoms with van der Waals surface area (Å²) >= 11 is 5.79. The monoisotopic (exact) mass is 289 g/mol. The molecule has 102 valence electrons. The topological polar surface area (TPSA) is 49.3 Å². The molecule has 1 rings (SSSR count). The zero-order valence-corrected chi connectivity index (χ0v) is 12.5. The van der Waals surface area contributed by atoms with Gasteiger partial charge in [0.05, 0.1) is 11.0 Å². The molecule has 5 heteroatoms. The molecular formula is C13H20ClNO2S. The van der Waals surface area contributed by atoms with Gasteiger partial charge in [0.15, 0.2) is 0 Å². The Morgan fingerprint density at radius 2 is 1.89 bits per heavy atom. The van der Waals surface area contributed by atoms with Crippen molar-refractivity contribution in [2.75, 3.05) is 0 Å².